The van der Waals surface area contributed by atoms with E-state index in [0.717, 1.165) is 5.56 Å². The maximum atomic E-state index is 12.8. The number of halogens is 1. The SMILES string of the molecule is O=C(NCc1ccccc1Cl)C1CCCN(S(=O)(=O)N2CCOCC2)C1. The number of piperidine rings is 1. The van der Waals surface area contributed by atoms with E-state index < -0.39 is 10.2 Å². The van der Waals surface area contributed by atoms with Crippen LogP contribution in [0.5, 0.6) is 0 Å². The van der Waals surface area contributed by atoms with Gasteiger partial charge in [0.15, 0.2) is 0 Å². The molecule has 0 aromatic heterocycles. The van der Waals surface area contributed by atoms with E-state index in [2.05, 4.69) is 5.32 Å². The van der Waals surface area contributed by atoms with Gasteiger partial charge in [-0.25, -0.2) is 0 Å². The number of nitrogens with one attached hydrogen (secondary N) is 1. The van der Waals surface area contributed by atoms with E-state index in [1.54, 1.807) is 6.07 Å². The van der Waals surface area contributed by atoms with Crippen LogP contribution in [0, 0.1) is 5.92 Å². The molecule has 0 spiro atoms. The second kappa shape index (κ2) is 8.67. The van der Waals surface area contributed by atoms with Gasteiger partial charge in [0.25, 0.3) is 10.2 Å². The molecule has 0 saturated carbocycles. The van der Waals surface area contributed by atoms with E-state index in [1.807, 2.05) is 18.2 Å². The number of carbonyl (C=O) groups excluding carboxylic acids is 1. The van der Waals surface area contributed by atoms with Crippen LogP contribution in [0.1, 0.15) is 18.4 Å². The van der Waals surface area contributed by atoms with Crippen molar-refractivity contribution in [1.82, 2.24) is 13.9 Å². The molecule has 144 valence electrons. The van der Waals surface area contributed by atoms with E-state index >= 15 is 0 Å². The third-order valence-electron chi connectivity index (χ3n) is 4.79. The number of morpholine rings is 1. The van der Waals surface area contributed by atoms with Gasteiger partial charge in [-0.3, -0.25) is 4.79 Å². The van der Waals surface area contributed by atoms with Crippen molar-refractivity contribution in [2.24, 2.45) is 5.92 Å². The van der Waals surface area contributed by atoms with E-state index in [1.165, 1.54) is 8.61 Å². The molecule has 26 heavy (non-hydrogen) atoms. The van der Waals surface area contributed by atoms with Gasteiger partial charge >= 0.3 is 0 Å². The molecule has 1 amide bonds. The van der Waals surface area contributed by atoms with Crippen LogP contribution in [0.3, 0.4) is 0 Å². The first-order valence-corrected chi connectivity index (χ1v) is 10.6. The molecule has 2 saturated heterocycles. The molecule has 3 rings (SSSR count). The molecule has 2 fully saturated rings. The third kappa shape index (κ3) is 4.55. The Kier molecular flexibility index (Phi) is 6.52. The molecule has 2 heterocycles. The number of nitrogens with zero attached hydrogens (tertiary/aromatic N) is 2. The number of carbonyl (C=O) groups is 1. The molecule has 1 aromatic rings. The number of hydrogen-bond donors (Lipinski definition) is 1. The lowest BCUT2D eigenvalue weighted by Gasteiger charge is -2.36. The molecule has 0 bridgehead atoms. The van der Waals surface area contributed by atoms with Crippen LogP contribution < -0.4 is 5.32 Å². The predicted octanol–water partition coefficient (Wildman–Crippen LogP) is 1.25. The van der Waals surface area contributed by atoms with Crippen LogP contribution in [0.15, 0.2) is 24.3 Å². The highest BCUT2D eigenvalue weighted by Crippen LogP contribution is 2.22. The van der Waals surface area contributed by atoms with Crippen LogP contribution >= 0.6 is 11.6 Å². The Bertz CT molecular complexity index is 737. The summed E-state index contributed by atoms with van der Waals surface area (Å²) in [4.78, 5) is 12.5. The monoisotopic (exact) mass is 401 g/mol. The molecular formula is C17H24ClN3O4S. The molecule has 0 radical (unpaired) electrons. The van der Waals surface area contributed by atoms with Gasteiger partial charge in [-0.05, 0) is 24.5 Å². The van der Waals surface area contributed by atoms with Gasteiger partial charge in [0, 0.05) is 37.7 Å². The molecule has 1 aromatic carbocycles. The van der Waals surface area contributed by atoms with Crippen LogP contribution in [-0.2, 0) is 26.3 Å². The summed E-state index contributed by atoms with van der Waals surface area (Å²) in [6, 6.07) is 7.34. The zero-order valence-corrected chi connectivity index (χ0v) is 16.1. The first-order chi connectivity index (χ1) is 12.5. The fraction of sp³-hybridized carbons (Fsp3) is 0.588. The van der Waals surface area contributed by atoms with E-state index in [0.29, 0.717) is 57.3 Å². The normalized spacial score (nSPS) is 22.9. The van der Waals surface area contributed by atoms with Crippen molar-refractivity contribution in [2.45, 2.75) is 19.4 Å². The molecule has 2 aliphatic heterocycles. The van der Waals surface area contributed by atoms with Gasteiger partial charge in [-0.1, -0.05) is 29.8 Å². The second-order valence-electron chi connectivity index (χ2n) is 6.53. The molecule has 0 aliphatic carbocycles. The standard InChI is InChI=1S/C17H24ClN3O4S/c18-16-6-2-1-4-14(16)12-19-17(22)15-5-3-7-21(13-15)26(23,24)20-8-10-25-11-9-20/h1-2,4,6,15H,3,5,7-13H2,(H,19,22). The molecular weight excluding hydrogens is 378 g/mol. The number of benzene rings is 1. The minimum absolute atomic E-state index is 0.133. The van der Waals surface area contributed by atoms with Gasteiger partial charge in [0.1, 0.15) is 0 Å². The average Bonchev–Trinajstić information content (AvgIpc) is 2.68. The number of hydrogen-bond acceptors (Lipinski definition) is 4. The van der Waals surface area contributed by atoms with E-state index in [4.69, 9.17) is 16.3 Å². The van der Waals surface area contributed by atoms with Crippen molar-refractivity contribution in [3.8, 4) is 0 Å². The highest BCUT2D eigenvalue weighted by Gasteiger charge is 2.36. The van der Waals surface area contributed by atoms with Crippen LogP contribution in [0.4, 0.5) is 0 Å². The lowest BCUT2D eigenvalue weighted by Crippen LogP contribution is -2.52. The Hall–Kier alpha value is -1.19. The Labute approximate surface area is 159 Å². The summed E-state index contributed by atoms with van der Waals surface area (Å²) in [5.74, 6) is -0.478. The summed E-state index contributed by atoms with van der Waals surface area (Å²) in [6.07, 6.45) is 1.36. The van der Waals surface area contributed by atoms with Crippen molar-refractivity contribution in [2.75, 3.05) is 39.4 Å². The first-order valence-electron chi connectivity index (χ1n) is 8.82. The van der Waals surface area contributed by atoms with E-state index in [9.17, 15) is 13.2 Å². The molecule has 1 N–H and O–H groups in total. The molecule has 9 heteroatoms. The van der Waals surface area contributed by atoms with E-state index in [-0.39, 0.29) is 18.4 Å². The summed E-state index contributed by atoms with van der Waals surface area (Å²) < 4.78 is 33.7. The Morgan fingerprint density at radius 1 is 1.19 bits per heavy atom. The molecule has 1 unspecified atom stereocenters. The highest BCUT2D eigenvalue weighted by molar-refractivity contribution is 7.86. The lowest BCUT2D eigenvalue weighted by molar-refractivity contribution is -0.126. The minimum atomic E-state index is -3.54. The van der Waals surface area contributed by atoms with Crippen molar-refractivity contribution < 1.29 is 17.9 Å². The first kappa shape index (κ1) is 19.6. The summed E-state index contributed by atoms with van der Waals surface area (Å²) in [6.45, 7) is 2.56. The van der Waals surface area contributed by atoms with Gasteiger partial charge < -0.3 is 10.1 Å². The molecule has 2 aliphatic rings. The smallest absolute Gasteiger partial charge is 0.282 e. The van der Waals surface area contributed by atoms with Crippen molar-refractivity contribution >= 4 is 27.7 Å². The van der Waals surface area contributed by atoms with Crippen molar-refractivity contribution in [1.29, 1.82) is 0 Å². The van der Waals surface area contributed by atoms with Crippen LogP contribution in [0.2, 0.25) is 5.02 Å². The fourth-order valence-electron chi connectivity index (χ4n) is 3.28. The Morgan fingerprint density at radius 3 is 2.65 bits per heavy atom. The van der Waals surface area contributed by atoms with Crippen LogP contribution in [0.25, 0.3) is 0 Å². The summed E-state index contributed by atoms with van der Waals surface area (Å²) in [5, 5.41) is 3.49. The summed E-state index contributed by atoms with van der Waals surface area (Å²) in [5.41, 5.74) is 0.844. The predicted molar refractivity (Wildman–Crippen MR) is 98.9 cm³/mol. The summed E-state index contributed by atoms with van der Waals surface area (Å²) in [7, 11) is -3.54. The lowest BCUT2D eigenvalue weighted by atomic mass is 9.99. The fourth-order valence-corrected chi connectivity index (χ4v) is 5.14. The number of ether oxygens (including phenoxy) is 1. The summed E-state index contributed by atoms with van der Waals surface area (Å²) >= 11 is 6.11. The Balaban J connectivity index is 1.59. The molecule has 7 nitrogen and oxygen atoms in total. The highest BCUT2D eigenvalue weighted by atomic mass is 35.5. The quantitative estimate of drug-likeness (QED) is 0.805. The maximum Gasteiger partial charge on any atom is 0.282 e. The molecule has 1 atom stereocenters. The number of amides is 1. The Morgan fingerprint density at radius 2 is 1.92 bits per heavy atom. The maximum absolute atomic E-state index is 12.8. The van der Waals surface area contributed by atoms with Crippen molar-refractivity contribution in [3.63, 3.8) is 0 Å². The zero-order chi connectivity index (χ0) is 18.6. The van der Waals surface area contributed by atoms with Crippen LogP contribution in [-0.4, -0.2) is 62.3 Å². The zero-order valence-electron chi connectivity index (χ0n) is 14.6. The largest absolute Gasteiger partial charge is 0.379 e. The van der Waals surface area contributed by atoms with Gasteiger partial charge in [-0.15, -0.1) is 0 Å². The topological polar surface area (TPSA) is 79.0 Å². The average molecular weight is 402 g/mol. The number of rotatable bonds is 5. The van der Waals surface area contributed by atoms with Gasteiger partial charge in [0.2, 0.25) is 5.91 Å². The van der Waals surface area contributed by atoms with Gasteiger partial charge in [-0.2, -0.15) is 17.0 Å². The third-order valence-corrected chi connectivity index (χ3v) is 7.16. The second-order valence-corrected chi connectivity index (χ2v) is 8.86. The minimum Gasteiger partial charge on any atom is -0.379 e. The van der Waals surface area contributed by atoms with Gasteiger partial charge in [0.05, 0.1) is 19.1 Å². The van der Waals surface area contributed by atoms with Crippen molar-refractivity contribution in [3.05, 3.63) is 34.9 Å².